The Morgan fingerprint density at radius 1 is 1.08 bits per heavy atom. The van der Waals surface area contributed by atoms with Crippen LogP contribution in [0.25, 0.3) is 6.08 Å². The quantitative estimate of drug-likeness (QED) is 0.430. The summed E-state index contributed by atoms with van der Waals surface area (Å²) in [7, 11) is -3.69. The lowest BCUT2D eigenvalue weighted by Crippen LogP contribution is -2.23. The lowest BCUT2D eigenvalue weighted by molar-refractivity contribution is -0.116. The number of primary sulfonamides is 1. The standard InChI is InChI=1S/C17H20N4O3S.ClH/c18-14-4-7-16(19)13(11-14)3-8-17(22)21-10-9-12-1-5-15(6-2-12)25(20,23)24;/h1-8,11H,9-10,18-19H2,(H,21,22)(H2,20,23,24);1H/b8-3+;. The number of sulfonamides is 1. The van der Waals surface area contributed by atoms with E-state index in [0.717, 1.165) is 5.56 Å². The van der Waals surface area contributed by atoms with Gasteiger partial charge in [-0.25, -0.2) is 13.6 Å². The predicted molar refractivity (Wildman–Crippen MR) is 106 cm³/mol. The molecule has 0 saturated carbocycles. The number of nitrogen functional groups attached to an aromatic ring is 2. The Hall–Kier alpha value is -2.55. The highest BCUT2D eigenvalue weighted by atomic mass is 35.5. The lowest BCUT2D eigenvalue weighted by atomic mass is 10.1. The fraction of sp³-hybridized carbons (Fsp3) is 0.118. The van der Waals surface area contributed by atoms with Crippen molar-refractivity contribution in [3.8, 4) is 0 Å². The monoisotopic (exact) mass is 396 g/mol. The molecular weight excluding hydrogens is 376 g/mol. The molecule has 0 saturated heterocycles. The summed E-state index contributed by atoms with van der Waals surface area (Å²) in [5.41, 5.74) is 14.1. The molecule has 2 aromatic rings. The average Bonchev–Trinajstić information content (AvgIpc) is 2.55. The second-order valence-corrected chi connectivity index (χ2v) is 7.01. The number of amides is 1. The fourth-order valence-corrected chi connectivity index (χ4v) is 2.65. The van der Waals surface area contributed by atoms with Gasteiger partial charge in [0.25, 0.3) is 0 Å². The highest BCUT2D eigenvalue weighted by Crippen LogP contribution is 2.16. The molecule has 7 nitrogen and oxygen atoms in total. The van der Waals surface area contributed by atoms with Gasteiger partial charge in [-0.3, -0.25) is 4.79 Å². The van der Waals surface area contributed by atoms with Crippen LogP contribution in [-0.4, -0.2) is 20.9 Å². The van der Waals surface area contributed by atoms with Crippen LogP contribution in [-0.2, 0) is 21.2 Å². The van der Waals surface area contributed by atoms with Gasteiger partial charge in [-0.05, 0) is 54.0 Å². The summed E-state index contributed by atoms with van der Waals surface area (Å²) in [4.78, 5) is 11.9. The van der Waals surface area contributed by atoms with E-state index in [-0.39, 0.29) is 23.2 Å². The van der Waals surface area contributed by atoms with Crippen LogP contribution in [0, 0.1) is 0 Å². The van der Waals surface area contributed by atoms with Gasteiger partial charge in [0.05, 0.1) is 4.90 Å². The molecule has 0 aromatic heterocycles. The SMILES string of the molecule is Cl.Nc1ccc(N)c(/C=C/C(=O)NCCc2ccc(S(N)(=O)=O)cc2)c1. The van der Waals surface area contributed by atoms with Gasteiger partial charge in [-0.15, -0.1) is 12.4 Å². The summed E-state index contributed by atoms with van der Waals surface area (Å²) in [5, 5.41) is 7.78. The van der Waals surface area contributed by atoms with E-state index in [9.17, 15) is 13.2 Å². The minimum Gasteiger partial charge on any atom is -0.399 e. The zero-order chi connectivity index (χ0) is 18.4. The van der Waals surface area contributed by atoms with Crippen LogP contribution in [0.15, 0.2) is 53.4 Å². The predicted octanol–water partition coefficient (Wildman–Crippen LogP) is 1.29. The summed E-state index contributed by atoms with van der Waals surface area (Å²) in [6, 6.07) is 11.3. The van der Waals surface area contributed by atoms with Crippen molar-refractivity contribution in [2.45, 2.75) is 11.3 Å². The number of carbonyl (C=O) groups excluding carboxylic acids is 1. The number of halogens is 1. The largest absolute Gasteiger partial charge is 0.399 e. The first kappa shape index (κ1) is 21.5. The van der Waals surface area contributed by atoms with E-state index < -0.39 is 10.0 Å². The van der Waals surface area contributed by atoms with Gasteiger partial charge >= 0.3 is 0 Å². The number of nitrogens with one attached hydrogen (secondary N) is 1. The van der Waals surface area contributed by atoms with E-state index in [1.165, 1.54) is 18.2 Å². The van der Waals surface area contributed by atoms with Crippen LogP contribution in [0.2, 0.25) is 0 Å². The van der Waals surface area contributed by atoms with Crippen molar-refractivity contribution in [2.75, 3.05) is 18.0 Å². The van der Waals surface area contributed by atoms with E-state index in [0.29, 0.717) is 29.9 Å². The Kier molecular flexibility index (Phi) is 7.63. The average molecular weight is 397 g/mol. The van der Waals surface area contributed by atoms with E-state index in [4.69, 9.17) is 16.6 Å². The van der Waals surface area contributed by atoms with E-state index >= 15 is 0 Å². The first-order chi connectivity index (χ1) is 11.8. The van der Waals surface area contributed by atoms with Crippen LogP contribution in [0.4, 0.5) is 11.4 Å². The minimum absolute atomic E-state index is 0. The molecule has 0 unspecified atom stereocenters. The second kappa shape index (κ2) is 9.23. The van der Waals surface area contributed by atoms with Crippen LogP contribution < -0.4 is 21.9 Å². The highest BCUT2D eigenvalue weighted by Gasteiger charge is 2.06. The van der Waals surface area contributed by atoms with Crippen molar-refractivity contribution in [3.63, 3.8) is 0 Å². The second-order valence-electron chi connectivity index (χ2n) is 5.45. The maximum absolute atomic E-state index is 11.8. The summed E-state index contributed by atoms with van der Waals surface area (Å²) >= 11 is 0. The summed E-state index contributed by atoms with van der Waals surface area (Å²) in [5.74, 6) is -0.261. The number of hydrogen-bond donors (Lipinski definition) is 4. The van der Waals surface area contributed by atoms with Crippen molar-refractivity contribution in [2.24, 2.45) is 5.14 Å². The summed E-state index contributed by atoms with van der Waals surface area (Å²) < 4.78 is 22.4. The van der Waals surface area contributed by atoms with Crippen LogP contribution in [0.5, 0.6) is 0 Å². The highest BCUT2D eigenvalue weighted by molar-refractivity contribution is 7.89. The first-order valence-electron chi connectivity index (χ1n) is 7.48. The molecule has 7 N–H and O–H groups in total. The third-order valence-electron chi connectivity index (χ3n) is 3.49. The zero-order valence-corrected chi connectivity index (χ0v) is 15.5. The molecule has 0 radical (unpaired) electrons. The maximum Gasteiger partial charge on any atom is 0.244 e. The topological polar surface area (TPSA) is 141 Å². The Labute approximate surface area is 158 Å². The van der Waals surface area contributed by atoms with Gasteiger partial charge in [-0.1, -0.05) is 12.1 Å². The normalized spacial score (nSPS) is 11.1. The molecule has 26 heavy (non-hydrogen) atoms. The van der Waals surface area contributed by atoms with Crippen molar-refractivity contribution >= 4 is 45.8 Å². The molecule has 9 heteroatoms. The number of hydrogen-bond acceptors (Lipinski definition) is 5. The molecule has 0 atom stereocenters. The molecule has 140 valence electrons. The van der Waals surface area contributed by atoms with E-state index in [2.05, 4.69) is 5.32 Å². The Morgan fingerprint density at radius 3 is 2.35 bits per heavy atom. The molecular formula is C17H21ClN4O3S. The fourth-order valence-electron chi connectivity index (χ4n) is 2.14. The number of nitrogens with two attached hydrogens (primary N) is 3. The Balaban J connectivity index is 0.00000338. The van der Waals surface area contributed by atoms with E-state index in [1.54, 1.807) is 36.4 Å². The Morgan fingerprint density at radius 2 is 1.73 bits per heavy atom. The van der Waals surface area contributed by atoms with Gasteiger partial charge in [0, 0.05) is 24.0 Å². The molecule has 0 aliphatic rings. The van der Waals surface area contributed by atoms with Crippen LogP contribution in [0.1, 0.15) is 11.1 Å². The minimum atomic E-state index is -3.69. The van der Waals surface area contributed by atoms with Crippen molar-refractivity contribution in [1.82, 2.24) is 5.32 Å². The van der Waals surface area contributed by atoms with Crippen LogP contribution >= 0.6 is 12.4 Å². The van der Waals surface area contributed by atoms with Crippen molar-refractivity contribution in [3.05, 3.63) is 59.7 Å². The number of benzene rings is 2. The third kappa shape index (κ3) is 6.40. The van der Waals surface area contributed by atoms with Crippen molar-refractivity contribution in [1.29, 1.82) is 0 Å². The molecule has 1 amide bonds. The van der Waals surface area contributed by atoms with Gasteiger partial charge in [0.2, 0.25) is 15.9 Å². The maximum atomic E-state index is 11.8. The van der Waals surface area contributed by atoms with Gasteiger partial charge in [0.1, 0.15) is 0 Å². The molecule has 0 heterocycles. The lowest BCUT2D eigenvalue weighted by Gasteiger charge is -2.05. The smallest absolute Gasteiger partial charge is 0.244 e. The number of anilines is 2. The zero-order valence-electron chi connectivity index (χ0n) is 13.9. The summed E-state index contributed by atoms with van der Waals surface area (Å²) in [6.07, 6.45) is 3.54. The first-order valence-corrected chi connectivity index (χ1v) is 9.03. The molecule has 0 fully saturated rings. The number of rotatable bonds is 6. The molecule has 0 aliphatic heterocycles. The third-order valence-corrected chi connectivity index (χ3v) is 4.42. The van der Waals surface area contributed by atoms with Crippen molar-refractivity contribution < 1.29 is 13.2 Å². The number of carbonyl (C=O) groups is 1. The van der Waals surface area contributed by atoms with E-state index in [1.807, 2.05) is 0 Å². The Bertz CT molecular complexity index is 897. The molecule has 0 spiro atoms. The van der Waals surface area contributed by atoms with Gasteiger partial charge in [0.15, 0.2) is 0 Å². The van der Waals surface area contributed by atoms with Crippen LogP contribution in [0.3, 0.4) is 0 Å². The van der Waals surface area contributed by atoms with Gasteiger partial charge < -0.3 is 16.8 Å². The molecule has 2 rings (SSSR count). The van der Waals surface area contributed by atoms with Gasteiger partial charge in [-0.2, -0.15) is 0 Å². The summed E-state index contributed by atoms with van der Waals surface area (Å²) in [6.45, 7) is 0.407. The molecule has 0 bridgehead atoms. The molecule has 0 aliphatic carbocycles. The molecule has 2 aromatic carbocycles.